The number of carboxylic acid groups (broad SMARTS) is 1. The maximum absolute atomic E-state index is 11.5. The van der Waals surface area contributed by atoms with Gasteiger partial charge in [0.05, 0.1) is 0 Å². The van der Waals surface area contributed by atoms with Crippen LogP contribution in [0.5, 0.6) is 0 Å². The highest BCUT2D eigenvalue weighted by Crippen LogP contribution is 2.26. The Hall–Kier alpha value is -1.56. The van der Waals surface area contributed by atoms with Crippen LogP contribution in [0.1, 0.15) is 33.6 Å². The first kappa shape index (κ1) is 15.8. The van der Waals surface area contributed by atoms with Crippen molar-refractivity contribution in [2.45, 2.75) is 45.2 Å². The van der Waals surface area contributed by atoms with Gasteiger partial charge in [0.2, 0.25) is 5.28 Å². The monoisotopic (exact) mass is 312 g/mol. The van der Waals surface area contributed by atoms with Gasteiger partial charge in [-0.2, -0.15) is 0 Å². The molecule has 1 aliphatic rings. The van der Waals surface area contributed by atoms with Gasteiger partial charge >= 0.3 is 6.09 Å². The molecule has 1 aliphatic heterocycles. The lowest BCUT2D eigenvalue weighted by Crippen LogP contribution is -2.54. The summed E-state index contributed by atoms with van der Waals surface area (Å²) in [6, 6.07) is 1.86. The molecule has 0 unspecified atom stereocenters. The molecule has 0 radical (unpaired) electrons. The molecule has 1 amide bonds. The molecule has 116 valence electrons. The quantitative estimate of drug-likeness (QED) is 0.850. The average molecular weight is 313 g/mol. The summed E-state index contributed by atoms with van der Waals surface area (Å²) in [6.45, 7) is 7.31. The van der Waals surface area contributed by atoms with Gasteiger partial charge in [0.25, 0.3) is 0 Å². The minimum Gasteiger partial charge on any atom is -0.465 e. The van der Waals surface area contributed by atoms with Crippen molar-refractivity contribution >= 4 is 23.5 Å². The van der Waals surface area contributed by atoms with Crippen LogP contribution in [0, 0.1) is 0 Å². The van der Waals surface area contributed by atoms with Crippen LogP contribution < -0.4 is 4.90 Å². The van der Waals surface area contributed by atoms with Crippen molar-refractivity contribution in [3.8, 4) is 0 Å². The van der Waals surface area contributed by atoms with Crippen LogP contribution in [0.4, 0.5) is 10.6 Å². The Morgan fingerprint density at radius 2 is 2.05 bits per heavy atom. The Bertz CT molecular complexity index is 510. The number of aromatic nitrogens is 2. The van der Waals surface area contributed by atoms with E-state index >= 15 is 0 Å². The molecule has 0 spiro atoms. The Kier molecular flexibility index (Phi) is 4.56. The number of halogens is 1. The molecule has 1 aromatic rings. The highest BCUT2D eigenvalue weighted by atomic mass is 35.5. The fraction of sp³-hybridized carbons (Fsp3) is 0.643. The molecule has 0 bridgehead atoms. The van der Waals surface area contributed by atoms with Crippen molar-refractivity contribution in [2.75, 3.05) is 18.0 Å². The lowest BCUT2D eigenvalue weighted by atomic mass is 9.97. The van der Waals surface area contributed by atoms with Crippen LogP contribution in [0.2, 0.25) is 5.28 Å². The number of anilines is 1. The van der Waals surface area contributed by atoms with Crippen LogP contribution in [-0.2, 0) is 0 Å². The smallest absolute Gasteiger partial charge is 0.407 e. The number of carbonyl (C=O) groups is 1. The van der Waals surface area contributed by atoms with E-state index in [1.54, 1.807) is 11.1 Å². The highest BCUT2D eigenvalue weighted by Gasteiger charge is 2.35. The van der Waals surface area contributed by atoms with Crippen LogP contribution in [-0.4, -0.2) is 50.7 Å². The molecule has 2 heterocycles. The summed E-state index contributed by atoms with van der Waals surface area (Å²) in [6.07, 6.45) is 2.34. The Morgan fingerprint density at radius 1 is 1.43 bits per heavy atom. The van der Waals surface area contributed by atoms with E-state index in [2.05, 4.69) is 14.9 Å². The van der Waals surface area contributed by atoms with Gasteiger partial charge in [-0.1, -0.05) is 0 Å². The molecule has 0 atom stereocenters. The van der Waals surface area contributed by atoms with Crippen molar-refractivity contribution in [3.05, 3.63) is 17.5 Å². The standard InChI is InChI=1S/C14H21ClN4O2/c1-14(2,3)19(13(20)21)10-5-8-18(9-6-10)11-4-7-16-12(15)17-11/h4,7,10H,5-6,8-9H2,1-3H3,(H,20,21). The molecule has 6 nitrogen and oxygen atoms in total. The predicted molar refractivity (Wildman–Crippen MR) is 81.9 cm³/mol. The molecule has 1 fully saturated rings. The molecule has 1 N–H and O–H groups in total. The summed E-state index contributed by atoms with van der Waals surface area (Å²) in [4.78, 5) is 23.3. The first-order valence-corrected chi connectivity index (χ1v) is 7.42. The Labute approximate surface area is 129 Å². The van der Waals surface area contributed by atoms with Crippen LogP contribution in [0.15, 0.2) is 12.3 Å². The molecule has 1 saturated heterocycles. The summed E-state index contributed by atoms with van der Waals surface area (Å²) in [7, 11) is 0. The first-order valence-electron chi connectivity index (χ1n) is 7.05. The average Bonchev–Trinajstić information content (AvgIpc) is 2.37. The second kappa shape index (κ2) is 6.05. The van der Waals surface area contributed by atoms with Gasteiger partial charge in [-0.3, -0.25) is 0 Å². The Morgan fingerprint density at radius 3 is 2.52 bits per heavy atom. The third-order valence-electron chi connectivity index (χ3n) is 3.69. The van der Waals surface area contributed by atoms with Gasteiger partial charge in [-0.25, -0.2) is 14.8 Å². The molecule has 2 rings (SSSR count). The van der Waals surface area contributed by atoms with Crippen LogP contribution in [0.25, 0.3) is 0 Å². The van der Waals surface area contributed by atoms with Crippen LogP contribution >= 0.6 is 11.6 Å². The van der Waals surface area contributed by atoms with Gasteiger partial charge in [-0.15, -0.1) is 0 Å². The SMILES string of the molecule is CC(C)(C)N(C(=O)O)C1CCN(c2ccnc(Cl)n2)CC1. The molecular weight excluding hydrogens is 292 g/mol. The molecule has 0 aliphatic carbocycles. The van der Waals surface area contributed by atoms with Crippen molar-refractivity contribution in [3.63, 3.8) is 0 Å². The van der Waals surface area contributed by atoms with Crippen molar-refractivity contribution in [1.82, 2.24) is 14.9 Å². The summed E-state index contributed by atoms with van der Waals surface area (Å²) in [5.41, 5.74) is -0.392. The van der Waals surface area contributed by atoms with Crippen LogP contribution in [0.3, 0.4) is 0 Å². The fourth-order valence-corrected chi connectivity index (χ4v) is 2.99. The number of rotatable bonds is 2. The third kappa shape index (κ3) is 3.75. The molecule has 0 aromatic carbocycles. The van der Waals surface area contributed by atoms with E-state index in [4.69, 9.17) is 11.6 Å². The van der Waals surface area contributed by atoms with Crippen molar-refractivity contribution in [1.29, 1.82) is 0 Å². The number of nitrogens with zero attached hydrogens (tertiary/aromatic N) is 4. The lowest BCUT2D eigenvalue weighted by Gasteiger charge is -2.43. The van der Waals surface area contributed by atoms with E-state index in [-0.39, 0.29) is 11.3 Å². The van der Waals surface area contributed by atoms with Crippen molar-refractivity contribution in [2.24, 2.45) is 0 Å². The first-order chi connectivity index (χ1) is 9.79. The van der Waals surface area contributed by atoms with E-state index < -0.39 is 11.6 Å². The number of hydrogen-bond acceptors (Lipinski definition) is 4. The van der Waals surface area contributed by atoms with E-state index in [1.807, 2.05) is 26.8 Å². The van der Waals surface area contributed by atoms with Gasteiger partial charge < -0.3 is 14.9 Å². The molecule has 21 heavy (non-hydrogen) atoms. The molecule has 0 saturated carbocycles. The topological polar surface area (TPSA) is 69.6 Å². The summed E-state index contributed by atoms with van der Waals surface area (Å²) in [5, 5.41) is 9.69. The zero-order valence-corrected chi connectivity index (χ0v) is 13.3. The van der Waals surface area contributed by atoms with Gasteiger partial charge in [-0.05, 0) is 51.3 Å². The number of hydrogen-bond donors (Lipinski definition) is 1. The maximum Gasteiger partial charge on any atom is 0.407 e. The van der Waals surface area contributed by atoms with Gasteiger partial charge in [0.1, 0.15) is 5.82 Å². The second-order valence-electron chi connectivity index (χ2n) is 6.23. The lowest BCUT2D eigenvalue weighted by molar-refractivity contribution is 0.0616. The zero-order chi connectivity index (χ0) is 15.6. The molecular formula is C14H21ClN4O2. The normalized spacial score (nSPS) is 16.9. The largest absolute Gasteiger partial charge is 0.465 e. The zero-order valence-electron chi connectivity index (χ0n) is 12.6. The van der Waals surface area contributed by atoms with E-state index in [9.17, 15) is 9.90 Å². The predicted octanol–water partition coefficient (Wildman–Crippen LogP) is 2.88. The fourth-order valence-electron chi connectivity index (χ4n) is 2.85. The summed E-state index contributed by atoms with van der Waals surface area (Å²) < 4.78 is 0. The second-order valence-corrected chi connectivity index (χ2v) is 6.56. The van der Waals surface area contributed by atoms with Gasteiger partial charge in [0.15, 0.2) is 0 Å². The molecule has 7 heteroatoms. The summed E-state index contributed by atoms with van der Waals surface area (Å²) in [5.74, 6) is 0.797. The van der Waals surface area contributed by atoms with Crippen molar-refractivity contribution < 1.29 is 9.90 Å². The summed E-state index contributed by atoms with van der Waals surface area (Å²) >= 11 is 5.81. The highest BCUT2D eigenvalue weighted by molar-refractivity contribution is 6.28. The molecule has 1 aromatic heterocycles. The minimum absolute atomic E-state index is 0.0380. The number of amides is 1. The minimum atomic E-state index is -0.856. The maximum atomic E-state index is 11.5. The third-order valence-corrected chi connectivity index (χ3v) is 3.88. The number of piperidine rings is 1. The Balaban J connectivity index is 2.04. The van der Waals surface area contributed by atoms with E-state index in [1.165, 1.54) is 0 Å². The van der Waals surface area contributed by atoms with E-state index in [0.717, 1.165) is 31.7 Å². The van der Waals surface area contributed by atoms with Gasteiger partial charge in [0, 0.05) is 30.9 Å². The van der Waals surface area contributed by atoms with E-state index in [0.29, 0.717) is 0 Å².